The maximum absolute atomic E-state index is 13.8. The zero-order chi connectivity index (χ0) is 28.6. The Morgan fingerprint density at radius 1 is 1.18 bits per heavy atom. The van der Waals surface area contributed by atoms with Gasteiger partial charge in [0.25, 0.3) is 0 Å². The number of H-pyrrole nitrogens is 2. The molecule has 1 aliphatic heterocycles. The molecule has 1 aliphatic rings. The van der Waals surface area contributed by atoms with Crippen molar-refractivity contribution in [2.45, 2.75) is 56.3 Å². The molecule has 2 aromatic heterocycles. The second-order valence-electron chi connectivity index (χ2n) is 9.88. The quantitative estimate of drug-likeness (QED) is 0.174. The van der Waals surface area contributed by atoms with E-state index < -0.39 is 47.9 Å². The van der Waals surface area contributed by atoms with Crippen molar-refractivity contribution in [1.82, 2.24) is 30.5 Å². The van der Waals surface area contributed by atoms with Crippen LogP contribution in [0.3, 0.4) is 0 Å². The third kappa shape index (κ3) is 7.02. The minimum atomic E-state index is -1.12. The number of nitrogens with two attached hydrogens (primary N) is 1. The molecule has 0 bridgehead atoms. The number of aliphatic carboxylic acids is 1. The average Bonchev–Trinajstić information content (AvgIpc) is 3.72. The zero-order valence-electron chi connectivity index (χ0n) is 22.3. The smallest absolute Gasteiger partial charge is 0.326 e. The molecule has 40 heavy (non-hydrogen) atoms. The highest BCUT2D eigenvalue weighted by Gasteiger charge is 2.39. The summed E-state index contributed by atoms with van der Waals surface area (Å²) in [4.78, 5) is 63.3. The van der Waals surface area contributed by atoms with Gasteiger partial charge in [-0.05, 0) is 49.3 Å². The number of hydrogen-bond donors (Lipinski definition) is 6. The number of carboxylic acid groups (broad SMARTS) is 1. The monoisotopic (exact) mass is 569 g/mol. The molecule has 4 rings (SSSR count). The van der Waals surface area contributed by atoms with Crippen molar-refractivity contribution in [3.63, 3.8) is 0 Å². The van der Waals surface area contributed by atoms with E-state index in [0.29, 0.717) is 30.8 Å². The Bertz CT molecular complexity index is 1330. The summed E-state index contributed by atoms with van der Waals surface area (Å²) < 4.78 is 0. The Kier molecular flexibility index (Phi) is 9.83. The van der Waals surface area contributed by atoms with Gasteiger partial charge in [0.15, 0.2) is 0 Å². The molecule has 0 radical (unpaired) electrons. The number of likely N-dealkylation sites (tertiary alicyclic amines) is 1. The van der Waals surface area contributed by atoms with Crippen LogP contribution in [0.4, 0.5) is 0 Å². The van der Waals surface area contributed by atoms with Crippen LogP contribution in [0.2, 0.25) is 0 Å². The largest absolute Gasteiger partial charge is 0.480 e. The van der Waals surface area contributed by atoms with Gasteiger partial charge in [-0.1, -0.05) is 18.2 Å². The number of nitrogens with one attached hydrogen (secondary N) is 4. The van der Waals surface area contributed by atoms with E-state index in [2.05, 4.69) is 25.6 Å². The number of hydrogen-bond acceptors (Lipinski definition) is 7. The van der Waals surface area contributed by atoms with Gasteiger partial charge < -0.3 is 36.3 Å². The summed E-state index contributed by atoms with van der Waals surface area (Å²) in [6.07, 6.45) is 8.37. The third-order valence-electron chi connectivity index (χ3n) is 7.11. The summed E-state index contributed by atoms with van der Waals surface area (Å²) in [5, 5.41) is 15.9. The molecule has 214 valence electrons. The Morgan fingerprint density at radius 2 is 1.98 bits per heavy atom. The Morgan fingerprint density at radius 3 is 2.70 bits per heavy atom. The van der Waals surface area contributed by atoms with Crippen molar-refractivity contribution in [3.05, 3.63) is 54.2 Å². The minimum absolute atomic E-state index is 0.126. The van der Waals surface area contributed by atoms with Crippen LogP contribution in [0.25, 0.3) is 10.9 Å². The first-order valence-corrected chi connectivity index (χ1v) is 14.6. The lowest BCUT2D eigenvalue weighted by atomic mass is 10.0. The van der Waals surface area contributed by atoms with Crippen molar-refractivity contribution < 1.29 is 24.3 Å². The van der Waals surface area contributed by atoms with Crippen molar-refractivity contribution in [3.8, 4) is 0 Å². The van der Waals surface area contributed by atoms with Crippen LogP contribution in [0.5, 0.6) is 0 Å². The van der Waals surface area contributed by atoms with Crippen molar-refractivity contribution in [2.75, 3.05) is 18.6 Å². The van der Waals surface area contributed by atoms with Gasteiger partial charge in [-0.25, -0.2) is 9.78 Å². The summed E-state index contributed by atoms with van der Waals surface area (Å²) in [7, 11) is 0. The Labute approximate surface area is 235 Å². The predicted molar refractivity (Wildman–Crippen MR) is 152 cm³/mol. The SMILES string of the molecule is CSCCC(NC(=O)C1CCCN1C(=O)C(Cc1cnc[nH]1)NC(=O)C(N)Cc1c[nH]c2ccccc12)C(=O)O. The number of nitrogens with zero attached hydrogens (tertiary/aromatic N) is 2. The van der Waals surface area contributed by atoms with E-state index in [1.807, 2.05) is 36.7 Å². The number of aromatic amines is 2. The van der Waals surface area contributed by atoms with Crippen LogP contribution in [0, 0.1) is 0 Å². The maximum Gasteiger partial charge on any atom is 0.326 e. The Hall–Kier alpha value is -3.84. The maximum atomic E-state index is 13.8. The van der Waals surface area contributed by atoms with Gasteiger partial charge in [0, 0.05) is 42.0 Å². The number of imidazole rings is 1. The van der Waals surface area contributed by atoms with E-state index >= 15 is 0 Å². The molecule has 0 aliphatic carbocycles. The number of fused-ring (bicyclic) bond motifs is 1. The number of rotatable bonds is 13. The highest BCUT2D eigenvalue weighted by Crippen LogP contribution is 2.21. The normalized spacial score (nSPS) is 17.4. The highest BCUT2D eigenvalue weighted by molar-refractivity contribution is 7.98. The molecule has 13 heteroatoms. The molecule has 12 nitrogen and oxygen atoms in total. The van der Waals surface area contributed by atoms with Crippen LogP contribution in [0.15, 0.2) is 43.0 Å². The molecule has 0 saturated carbocycles. The van der Waals surface area contributed by atoms with Crippen LogP contribution in [0.1, 0.15) is 30.5 Å². The average molecular weight is 570 g/mol. The van der Waals surface area contributed by atoms with E-state index in [9.17, 15) is 24.3 Å². The standard InChI is InChI=1S/C27H35N7O5S/c1-40-10-8-21(27(38)39)32-25(36)23-7-4-9-34(23)26(37)22(12-17-14-29-15-31-17)33-24(35)19(28)11-16-13-30-20-6-3-2-5-18(16)20/h2-3,5-6,13-15,19,21-23,30H,4,7-12,28H2,1H3,(H,29,31)(H,32,36)(H,33,35)(H,38,39). The summed E-state index contributed by atoms with van der Waals surface area (Å²) in [5.74, 6) is -1.99. The molecular weight excluding hydrogens is 534 g/mol. The van der Waals surface area contributed by atoms with E-state index in [-0.39, 0.29) is 19.3 Å². The second-order valence-corrected chi connectivity index (χ2v) is 10.9. The van der Waals surface area contributed by atoms with Crippen LogP contribution in [-0.2, 0) is 32.0 Å². The van der Waals surface area contributed by atoms with Crippen molar-refractivity contribution >= 4 is 46.4 Å². The topological polar surface area (TPSA) is 186 Å². The third-order valence-corrected chi connectivity index (χ3v) is 7.75. The zero-order valence-corrected chi connectivity index (χ0v) is 23.1. The van der Waals surface area contributed by atoms with Gasteiger partial charge in [-0.3, -0.25) is 14.4 Å². The molecular formula is C27H35N7O5S. The number of carbonyl (C=O) groups excluding carboxylic acids is 3. The lowest BCUT2D eigenvalue weighted by Gasteiger charge is -2.30. The molecule has 3 heterocycles. The summed E-state index contributed by atoms with van der Waals surface area (Å²) in [5.41, 5.74) is 8.74. The van der Waals surface area contributed by atoms with Gasteiger partial charge in [0.1, 0.15) is 18.1 Å². The molecule has 4 atom stereocenters. The van der Waals surface area contributed by atoms with Gasteiger partial charge in [-0.2, -0.15) is 11.8 Å². The first-order chi connectivity index (χ1) is 19.3. The number of carbonyl (C=O) groups is 4. The minimum Gasteiger partial charge on any atom is -0.480 e. The first kappa shape index (κ1) is 29.2. The molecule has 1 aromatic carbocycles. The Balaban J connectivity index is 1.46. The number of benzene rings is 1. The van der Waals surface area contributed by atoms with Gasteiger partial charge in [0.05, 0.1) is 12.4 Å². The number of aromatic nitrogens is 3. The summed E-state index contributed by atoms with van der Waals surface area (Å²) in [6, 6.07) is 3.93. The summed E-state index contributed by atoms with van der Waals surface area (Å²) in [6.45, 7) is 0.316. The van der Waals surface area contributed by atoms with Gasteiger partial charge in [-0.15, -0.1) is 0 Å². The van der Waals surface area contributed by atoms with Crippen LogP contribution in [-0.4, -0.2) is 91.4 Å². The molecule has 0 spiro atoms. The first-order valence-electron chi connectivity index (χ1n) is 13.2. The fourth-order valence-electron chi connectivity index (χ4n) is 4.99. The fourth-order valence-corrected chi connectivity index (χ4v) is 5.46. The number of para-hydroxylation sites is 1. The molecule has 1 saturated heterocycles. The van der Waals surface area contributed by atoms with E-state index in [0.717, 1.165) is 16.5 Å². The lowest BCUT2D eigenvalue weighted by Crippen LogP contribution is -2.57. The van der Waals surface area contributed by atoms with E-state index in [4.69, 9.17) is 5.73 Å². The second kappa shape index (κ2) is 13.5. The fraction of sp³-hybridized carbons (Fsp3) is 0.444. The van der Waals surface area contributed by atoms with Gasteiger partial charge in [0.2, 0.25) is 17.7 Å². The molecule has 3 aromatic rings. The molecule has 1 fully saturated rings. The number of thioether (sulfide) groups is 1. The van der Waals surface area contributed by atoms with E-state index in [1.54, 1.807) is 6.20 Å². The molecule has 7 N–H and O–H groups in total. The molecule has 3 amide bonds. The van der Waals surface area contributed by atoms with Crippen molar-refractivity contribution in [2.24, 2.45) is 5.73 Å². The molecule has 4 unspecified atom stereocenters. The van der Waals surface area contributed by atoms with Gasteiger partial charge >= 0.3 is 5.97 Å². The number of carboxylic acids is 1. The van der Waals surface area contributed by atoms with Crippen LogP contribution < -0.4 is 16.4 Å². The highest BCUT2D eigenvalue weighted by atomic mass is 32.2. The van der Waals surface area contributed by atoms with Crippen LogP contribution >= 0.6 is 11.8 Å². The summed E-state index contributed by atoms with van der Waals surface area (Å²) >= 11 is 1.49. The number of amides is 3. The van der Waals surface area contributed by atoms with E-state index in [1.165, 1.54) is 23.0 Å². The lowest BCUT2D eigenvalue weighted by molar-refractivity contribution is -0.145. The van der Waals surface area contributed by atoms with Crippen molar-refractivity contribution in [1.29, 1.82) is 0 Å². The predicted octanol–water partition coefficient (Wildman–Crippen LogP) is 0.802.